The topological polar surface area (TPSA) is 101 Å². The van der Waals surface area contributed by atoms with Crippen molar-refractivity contribution in [2.45, 2.75) is 33.7 Å². The van der Waals surface area contributed by atoms with Crippen LogP contribution in [-0.2, 0) is 9.53 Å². The number of carbonyl (C=O) groups is 2. The molecule has 1 aliphatic rings. The van der Waals surface area contributed by atoms with Crippen molar-refractivity contribution in [2.24, 2.45) is 5.92 Å². The van der Waals surface area contributed by atoms with Crippen LogP contribution < -0.4 is 25.4 Å². The minimum absolute atomic E-state index is 0.220. The summed E-state index contributed by atoms with van der Waals surface area (Å²) >= 11 is 5.55. The molecule has 9 nitrogen and oxygen atoms in total. The monoisotopic (exact) mass is 526 g/mol. The zero-order chi connectivity index (χ0) is 27.1. The Balaban J connectivity index is 1.78. The Bertz CT molecular complexity index is 1180. The van der Waals surface area contributed by atoms with Gasteiger partial charge >= 0.3 is 12.0 Å². The molecule has 0 saturated carbocycles. The number of allylic oxidation sites excluding steroid dienone is 1. The van der Waals surface area contributed by atoms with Crippen molar-refractivity contribution in [3.8, 4) is 11.5 Å². The minimum atomic E-state index is -0.471. The van der Waals surface area contributed by atoms with E-state index in [0.29, 0.717) is 46.7 Å². The standard InChI is InChI=1S/C27H34N4O5S/c1-7-31-17(4)23(25(32)36-15-16(2)3)24(30-27(31)37)18-8-10-19(11-9-18)28-26(33)29-21-13-12-20(34-5)14-22(21)35-6/h8-14,16,24H,7,15H2,1-6H3,(H,30,37)(H2,28,29,33). The van der Waals surface area contributed by atoms with Gasteiger partial charge in [0, 0.05) is 24.0 Å². The molecule has 1 aliphatic heterocycles. The fourth-order valence-corrected chi connectivity index (χ4v) is 4.33. The molecule has 0 fully saturated rings. The van der Waals surface area contributed by atoms with Gasteiger partial charge in [-0.25, -0.2) is 9.59 Å². The number of hydrogen-bond acceptors (Lipinski definition) is 6. The van der Waals surface area contributed by atoms with E-state index < -0.39 is 12.1 Å². The van der Waals surface area contributed by atoms with Gasteiger partial charge in [-0.3, -0.25) is 0 Å². The van der Waals surface area contributed by atoms with Crippen molar-refractivity contribution >= 4 is 40.7 Å². The normalized spacial score (nSPS) is 15.3. The third-order valence-electron chi connectivity index (χ3n) is 5.84. The Morgan fingerprint density at radius 2 is 1.78 bits per heavy atom. The highest BCUT2D eigenvalue weighted by Crippen LogP contribution is 2.32. The van der Waals surface area contributed by atoms with E-state index in [4.69, 9.17) is 26.4 Å². The van der Waals surface area contributed by atoms with E-state index in [1.807, 2.05) is 44.7 Å². The Morgan fingerprint density at radius 1 is 1.08 bits per heavy atom. The molecular weight excluding hydrogens is 492 g/mol. The van der Waals surface area contributed by atoms with E-state index in [2.05, 4.69) is 16.0 Å². The second-order valence-electron chi connectivity index (χ2n) is 8.89. The first-order valence-corrected chi connectivity index (χ1v) is 12.4. The molecule has 0 radical (unpaired) electrons. The Hall–Kier alpha value is -3.79. The first-order valence-electron chi connectivity index (χ1n) is 12.0. The number of ether oxygens (including phenoxy) is 3. The number of thiocarbonyl (C=S) groups is 1. The van der Waals surface area contributed by atoms with Crippen LogP contribution in [0.25, 0.3) is 0 Å². The van der Waals surface area contributed by atoms with E-state index in [1.165, 1.54) is 7.11 Å². The molecule has 0 spiro atoms. The fraction of sp³-hybridized carbons (Fsp3) is 0.370. The minimum Gasteiger partial charge on any atom is -0.497 e. The van der Waals surface area contributed by atoms with Crippen LogP contribution in [0.4, 0.5) is 16.2 Å². The number of nitrogens with one attached hydrogen (secondary N) is 3. The Morgan fingerprint density at radius 3 is 2.38 bits per heavy atom. The second-order valence-corrected chi connectivity index (χ2v) is 9.27. The number of methoxy groups -OCH3 is 2. The average molecular weight is 527 g/mol. The van der Waals surface area contributed by atoms with Crippen LogP contribution in [-0.4, -0.2) is 49.4 Å². The van der Waals surface area contributed by atoms with Crippen LogP contribution in [0.5, 0.6) is 11.5 Å². The lowest BCUT2D eigenvalue weighted by molar-refractivity contribution is -0.140. The van der Waals surface area contributed by atoms with Gasteiger partial charge in [-0.2, -0.15) is 0 Å². The Labute approximate surface area is 223 Å². The molecule has 0 aromatic heterocycles. The van der Waals surface area contributed by atoms with Crippen LogP contribution in [0.2, 0.25) is 0 Å². The van der Waals surface area contributed by atoms with Crippen molar-refractivity contribution in [3.63, 3.8) is 0 Å². The van der Waals surface area contributed by atoms with Crippen LogP contribution in [0, 0.1) is 5.92 Å². The van der Waals surface area contributed by atoms with Gasteiger partial charge in [0.1, 0.15) is 11.5 Å². The molecular formula is C27H34N4O5S. The second kappa shape index (κ2) is 12.4. The molecule has 1 unspecified atom stereocenters. The summed E-state index contributed by atoms with van der Waals surface area (Å²) in [5.74, 6) is 0.939. The number of benzene rings is 2. The zero-order valence-electron chi connectivity index (χ0n) is 22.0. The first kappa shape index (κ1) is 27.8. The smallest absolute Gasteiger partial charge is 0.338 e. The van der Waals surface area contributed by atoms with E-state index in [-0.39, 0.29) is 11.9 Å². The number of nitrogens with zero attached hydrogens (tertiary/aromatic N) is 1. The molecule has 3 rings (SSSR count). The highest BCUT2D eigenvalue weighted by molar-refractivity contribution is 7.80. The molecule has 1 heterocycles. The molecule has 1 atom stereocenters. The quantitative estimate of drug-likeness (QED) is 0.308. The predicted molar refractivity (Wildman–Crippen MR) is 148 cm³/mol. The maximum atomic E-state index is 13.1. The summed E-state index contributed by atoms with van der Waals surface area (Å²) in [6.45, 7) is 8.79. The van der Waals surface area contributed by atoms with Crippen LogP contribution in [0.1, 0.15) is 39.3 Å². The highest BCUT2D eigenvalue weighted by Gasteiger charge is 2.34. The summed E-state index contributed by atoms with van der Waals surface area (Å²) in [7, 11) is 3.08. The predicted octanol–water partition coefficient (Wildman–Crippen LogP) is 5.07. The van der Waals surface area contributed by atoms with Crippen molar-refractivity contribution in [1.29, 1.82) is 0 Å². The zero-order valence-corrected chi connectivity index (χ0v) is 22.8. The van der Waals surface area contributed by atoms with E-state index in [0.717, 1.165) is 11.3 Å². The van der Waals surface area contributed by atoms with Crippen molar-refractivity contribution in [3.05, 3.63) is 59.3 Å². The SMILES string of the molecule is CCN1C(=S)NC(c2ccc(NC(=O)Nc3ccc(OC)cc3OC)cc2)C(C(=O)OCC(C)C)=C1C. The van der Waals surface area contributed by atoms with Gasteiger partial charge in [0.05, 0.1) is 38.1 Å². The van der Waals surface area contributed by atoms with E-state index in [9.17, 15) is 9.59 Å². The first-order chi connectivity index (χ1) is 17.7. The van der Waals surface area contributed by atoms with Gasteiger partial charge in [-0.05, 0) is 61.8 Å². The van der Waals surface area contributed by atoms with Gasteiger partial charge in [-0.1, -0.05) is 26.0 Å². The lowest BCUT2D eigenvalue weighted by atomic mass is 9.95. The molecule has 2 aromatic rings. The van der Waals surface area contributed by atoms with Crippen molar-refractivity contribution in [1.82, 2.24) is 10.2 Å². The molecule has 3 N–H and O–H groups in total. The number of esters is 1. The molecule has 0 bridgehead atoms. The number of carbonyl (C=O) groups excluding carboxylic acids is 2. The molecule has 0 saturated heterocycles. The summed E-state index contributed by atoms with van der Waals surface area (Å²) < 4.78 is 16.1. The van der Waals surface area contributed by atoms with Gasteiger partial charge in [0.25, 0.3) is 0 Å². The summed E-state index contributed by atoms with van der Waals surface area (Å²) in [6.07, 6.45) is 0. The summed E-state index contributed by atoms with van der Waals surface area (Å²) in [6, 6.07) is 11.4. The largest absolute Gasteiger partial charge is 0.497 e. The number of urea groups is 1. The maximum Gasteiger partial charge on any atom is 0.338 e. The lowest BCUT2D eigenvalue weighted by Crippen LogP contribution is -2.47. The molecule has 10 heteroatoms. The number of hydrogen-bond donors (Lipinski definition) is 3. The van der Waals surface area contributed by atoms with E-state index >= 15 is 0 Å². The van der Waals surface area contributed by atoms with Gasteiger partial charge in [-0.15, -0.1) is 0 Å². The van der Waals surface area contributed by atoms with Gasteiger partial charge < -0.3 is 35.1 Å². The van der Waals surface area contributed by atoms with Crippen LogP contribution >= 0.6 is 12.2 Å². The third kappa shape index (κ3) is 6.71. The van der Waals surface area contributed by atoms with Crippen LogP contribution in [0.3, 0.4) is 0 Å². The van der Waals surface area contributed by atoms with Crippen molar-refractivity contribution in [2.75, 3.05) is 38.0 Å². The number of amides is 2. The summed E-state index contributed by atoms with van der Waals surface area (Å²) in [5.41, 5.74) is 3.17. The molecule has 2 aromatic carbocycles. The van der Waals surface area contributed by atoms with E-state index in [1.54, 1.807) is 37.4 Å². The molecule has 0 aliphatic carbocycles. The third-order valence-corrected chi connectivity index (χ3v) is 6.18. The summed E-state index contributed by atoms with van der Waals surface area (Å²) in [5, 5.41) is 9.39. The maximum absolute atomic E-state index is 13.1. The van der Waals surface area contributed by atoms with Gasteiger partial charge in [0.15, 0.2) is 5.11 Å². The highest BCUT2D eigenvalue weighted by atomic mass is 32.1. The molecule has 37 heavy (non-hydrogen) atoms. The molecule has 198 valence electrons. The fourth-order valence-electron chi connectivity index (χ4n) is 3.94. The van der Waals surface area contributed by atoms with Crippen molar-refractivity contribution < 1.29 is 23.8 Å². The van der Waals surface area contributed by atoms with Gasteiger partial charge in [0.2, 0.25) is 0 Å². The average Bonchev–Trinajstić information content (AvgIpc) is 2.87. The number of rotatable bonds is 9. The molecule has 2 amide bonds. The van der Waals surface area contributed by atoms with Crippen LogP contribution in [0.15, 0.2) is 53.7 Å². The Kier molecular flexibility index (Phi) is 9.35. The summed E-state index contributed by atoms with van der Waals surface area (Å²) in [4.78, 5) is 27.6. The lowest BCUT2D eigenvalue weighted by Gasteiger charge is -2.37. The number of anilines is 2.